The van der Waals surface area contributed by atoms with Crippen molar-refractivity contribution in [3.63, 3.8) is 0 Å². The van der Waals surface area contributed by atoms with E-state index >= 15 is 0 Å². The van der Waals surface area contributed by atoms with E-state index < -0.39 is 5.97 Å². The van der Waals surface area contributed by atoms with E-state index in [0.717, 1.165) is 25.7 Å². The molecule has 0 fully saturated rings. The second-order valence-electron chi connectivity index (χ2n) is 2.66. The molecule has 11 heavy (non-hydrogen) atoms. The Hall–Kier alpha value is -0.500. The Morgan fingerprint density at radius 3 is 2.09 bits per heavy atom. The summed E-state index contributed by atoms with van der Waals surface area (Å²) in [5, 5.41) is 8.64. The number of carbonyl (C=O) groups is 1. The first-order chi connectivity index (χ1) is 4.80. The average Bonchev–Trinajstić information content (AvgIpc) is 2.12. The van der Waals surface area contributed by atoms with Gasteiger partial charge in [-0.05, 0) is 25.7 Å². The maximum absolute atomic E-state index is 10.5. The van der Waals surface area contributed by atoms with Gasteiger partial charge in [-0.3, -0.25) is 4.79 Å². The minimum atomic E-state index is -0.635. The second-order valence-corrected chi connectivity index (χ2v) is 2.66. The Morgan fingerprint density at radius 2 is 1.73 bits per heavy atom. The van der Waals surface area contributed by atoms with Crippen LogP contribution in [0.1, 0.15) is 25.7 Å². The van der Waals surface area contributed by atoms with Crippen molar-refractivity contribution in [3.05, 3.63) is 12.2 Å². The first kappa shape index (κ1) is 10.5. The van der Waals surface area contributed by atoms with E-state index in [-0.39, 0.29) is 18.3 Å². The Kier molecular flexibility index (Phi) is 4.95. The predicted octanol–water partition coefficient (Wildman–Crippen LogP) is 2.24. The minimum Gasteiger partial charge on any atom is -0.481 e. The molecule has 3 heteroatoms. The number of carboxylic acids is 1. The van der Waals surface area contributed by atoms with E-state index in [1.54, 1.807) is 0 Å². The van der Waals surface area contributed by atoms with Crippen molar-refractivity contribution in [1.82, 2.24) is 0 Å². The molecule has 1 aliphatic carbocycles. The van der Waals surface area contributed by atoms with E-state index in [2.05, 4.69) is 12.2 Å². The first-order valence-corrected chi connectivity index (χ1v) is 3.68. The molecule has 0 spiro atoms. The highest BCUT2D eigenvalue weighted by Gasteiger charge is 2.16. The molecular weight excluding hydrogens is 164 g/mol. The van der Waals surface area contributed by atoms with Crippen LogP contribution < -0.4 is 0 Å². The highest BCUT2D eigenvalue weighted by atomic mass is 35.5. The van der Waals surface area contributed by atoms with Crippen LogP contribution in [0.25, 0.3) is 0 Å². The SMILES string of the molecule is Cl.O=C(O)C1CCC=CCC1. The third-order valence-electron chi connectivity index (χ3n) is 1.88. The zero-order valence-corrected chi connectivity index (χ0v) is 7.14. The quantitative estimate of drug-likeness (QED) is 0.623. The molecule has 0 atom stereocenters. The molecule has 0 heterocycles. The second kappa shape index (κ2) is 5.19. The van der Waals surface area contributed by atoms with Crippen LogP contribution in [0.3, 0.4) is 0 Å². The third kappa shape index (κ3) is 3.42. The van der Waals surface area contributed by atoms with Crippen molar-refractivity contribution in [2.24, 2.45) is 5.92 Å². The summed E-state index contributed by atoms with van der Waals surface area (Å²) < 4.78 is 0. The Balaban J connectivity index is 0.000001000. The topological polar surface area (TPSA) is 37.3 Å². The smallest absolute Gasteiger partial charge is 0.306 e. The molecule has 0 radical (unpaired) electrons. The lowest BCUT2D eigenvalue weighted by atomic mass is 10.0. The summed E-state index contributed by atoms with van der Waals surface area (Å²) in [5.74, 6) is -0.737. The van der Waals surface area contributed by atoms with Gasteiger partial charge >= 0.3 is 5.97 Å². The van der Waals surface area contributed by atoms with Crippen LogP contribution in [0.4, 0.5) is 0 Å². The van der Waals surface area contributed by atoms with Crippen molar-refractivity contribution in [1.29, 1.82) is 0 Å². The molecular formula is C8H13ClO2. The lowest BCUT2D eigenvalue weighted by Gasteiger charge is -2.05. The standard InChI is InChI=1S/C8H12O2.ClH/c9-8(10)7-5-3-1-2-4-6-7;/h1-2,7H,3-6H2,(H,9,10);1H. The molecule has 0 unspecified atom stereocenters. The van der Waals surface area contributed by atoms with Gasteiger partial charge in [-0.15, -0.1) is 12.4 Å². The number of halogens is 1. The molecule has 2 nitrogen and oxygen atoms in total. The van der Waals surface area contributed by atoms with Crippen LogP contribution in [0.2, 0.25) is 0 Å². The molecule has 64 valence electrons. The van der Waals surface area contributed by atoms with Gasteiger partial charge in [-0.1, -0.05) is 12.2 Å². The predicted molar refractivity (Wildman–Crippen MR) is 46.0 cm³/mol. The fourth-order valence-corrected chi connectivity index (χ4v) is 1.22. The van der Waals surface area contributed by atoms with E-state index in [4.69, 9.17) is 5.11 Å². The van der Waals surface area contributed by atoms with E-state index in [9.17, 15) is 4.79 Å². The van der Waals surface area contributed by atoms with E-state index in [0.29, 0.717) is 0 Å². The average molecular weight is 177 g/mol. The van der Waals surface area contributed by atoms with E-state index in [1.165, 1.54) is 0 Å². The molecule has 0 aromatic heterocycles. The van der Waals surface area contributed by atoms with Crippen LogP contribution in [0.15, 0.2) is 12.2 Å². The van der Waals surface area contributed by atoms with Crippen LogP contribution in [-0.4, -0.2) is 11.1 Å². The fourth-order valence-electron chi connectivity index (χ4n) is 1.22. The molecule has 0 saturated heterocycles. The molecule has 1 N–H and O–H groups in total. The number of allylic oxidation sites excluding steroid dienone is 2. The van der Waals surface area contributed by atoms with Crippen molar-refractivity contribution < 1.29 is 9.90 Å². The summed E-state index contributed by atoms with van der Waals surface area (Å²) in [7, 11) is 0. The normalized spacial score (nSPS) is 18.5. The lowest BCUT2D eigenvalue weighted by molar-refractivity contribution is -0.142. The van der Waals surface area contributed by atoms with Gasteiger partial charge in [0.05, 0.1) is 5.92 Å². The molecule has 0 saturated carbocycles. The van der Waals surface area contributed by atoms with Gasteiger partial charge in [0, 0.05) is 0 Å². The summed E-state index contributed by atoms with van der Waals surface area (Å²) in [6, 6.07) is 0. The molecule has 1 aliphatic rings. The van der Waals surface area contributed by atoms with Gasteiger partial charge in [0.25, 0.3) is 0 Å². The number of rotatable bonds is 1. The summed E-state index contributed by atoms with van der Waals surface area (Å²) in [5.41, 5.74) is 0. The zero-order valence-electron chi connectivity index (χ0n) is 6.32. The molecule has 0 aliphatic heterocycles. The van der Waals surface area contributed by atoms with Crippen molar-refractivity contribution in [3.8, 4) is 0 Å². The van der Waals surface area contributed by atoms with Crippen molar-refractivity contribution >= 4 is 18.4 Å². The fraction of sp³-hybridized carbons (Fsp3) is 0.625. The molecule has 0 amide bonds. The number of aliphatic carboxylic acids is 1. The monoisotopic (exact) mass is 176 g/mol. The Morgan fingerprint density at radius 1 is 1.27 bits per heavy atom. The van der Waals surface area contributed by atoms with Crippen LogP contribution in [0.5, 0.6) is 0 Å². The van der Waals surface area contributed by atoms with Crippen molar-refractivity contribution in [2.75, 3.05) is 0 Å². The molecule has 0 aromatic carbocycles. The van der Waals surface area contributed by atoms with Crippen LogP contribution >= 0.6 is 12.4 Å². The maximum Gasteiger partial charge on any atom is 0.306 e. The molecule has 1 rings (SSSR count). The van der Waals surface area contributed by atoms with Crippen LogP contribution in [-0.2, 0) is 4.79 Å². The van der Waals surface area contributed by atoms with Crippen LogP contribution in [0, 0.1) is 5.92 Å². The Bertz CT molecular complexity index is 144. The lowest BCUT2D eigenvalue weighted by Crippen LogP contribution is -2.11. The molecule has 0 aromatic rings. The third-order valence-corrected chi connectivity index (χ3v) is 1.88. The molecule has 0 bridgehead atoms. The zero-order chi connectivity index (χ0) is 7.40. The van der Waals surface area contributed by atoms with Gasteiger partial charge in [0.15, 0.2) is 0 Å². The largest absolute Gasteiger partial charge is 0.481 e. The van der Waals surface area contributed by atoms with Gasteiger partial charge in [-0.25, -0.2) is 0 Å². The summed E-state index contributed by atoms with van der Waals surface area (Å²) in [4.78, 5) is 10.5. The minimum absolute atomic E-state index is 0. The van der Waals surface area contributed by atoms with Gasteiger partial charge in [-0.2, -0.15) is 0 Å². The van der Waals surface area contributed by atoms with Gasteiger partial charge in [0.1, 0.15) is 0 Å². The number of carboxylic acid groups (broad SMARTS) is 1. The Labute approximate surface area is 72.7 Å². The summed E-state index contributed by atoms with van der Waals surface area (Å²) in [6.07, 6.45) is 7.62. The van der Waals surface area contributed by atoms with Gasteiger partial charge < -0.3 is 5.11 Å². The van der Waals surface area contributed by atoms with Crippen molar-refractivity contribution in [2.45, 2.75) is 25.7 Å². The van der Waals surface area contributed by atoms with E-state index in [1.807, 2.05) is 0 Å². The summed E-state index contributed by atoms with van der Waals surface area (Å²) >= 11 is 0. The summed E-state index contributed by atoms with van der Waals surface area (Å²) in [6.45, 7) is 0. The number of hydrogen-bond donors (Lipinski definition) is 1. The first-order valence-electron chi connectivity index (χ1n) is 3.68. The highest BCUT2D eigenvalue weighted by molar-refractivity contribution is 5.85. The highest BCUT2D eigenvalue weighted by Crippen LogP contribution is 2.18. The van der Waals surface area contributed by atoms with Gasteiger partial charge in [0.2, 0.25) is 0 Å². The number of hydrogen-bond acceptors (Lipinski definition) is 1. The maximum atomic E-state index is 10.5.